The number of halogens is 2. The highest BCUT2D eigenvalue weighted by Crippen LogP contribution is 2.30. The van der Waals surface area contributed by atoms with Crippen molar-refractivity contribution in [1.29, 1.82) is 0 Å². The van der Waals surface area contributed by atoms with Crippen LogP contribution in [0, 0.1) is 0 Å². The van der Waals surface area contributed by atoms with Crippen LogP contribution >= 0.6 is 23.2 Å². The summed E-state index contributed by atoms with van der Waals surface area (Å²) in [7, 11) is 0. The minimum Gasteiger partial charge on any atom is -0.479 e. The number of pyridine rings is 1. The summed E-state index contributed by atoms with van der Waals surface area (Å²) in [4.78, 5) is 28.1. The summed E-state index contributed by atoms with van der Waals surface area (Å²) in [6, 6.07) is 16.7. The zero-order valence-electron chi connectivity index (χ0n) is 15.9. The van der Waals surface area contributed by atoms with Crippen molar-refractivity contribution in [3.8, 4) is 17.4 Å². The van der Waals surface area contributed by atoms with Crippen molar-refractivity contribution in [1.82, 2.24) is 4.98 Å². The van der Waals surface area contributed by atoms with Gasteiger partial charge in [-0.1, -0.05) is 53.5 Å². The van der Waals surface area contributed by atoms with E-state index in [1.807, 2.05) is 0 Å². The molecule has 0 saturated heterocycles. The van der Waals surface area contributed by atoms with Gasteiger partial charge < -0.3 is 14.2 Å². The molecule has 3 rings (SSSR count). The quantitative estimate of drug-likeness (QED) is 0.342. The zero-order valence-corrected chi connectivity index (χ0v) is 17.4. The largest absolute Gasteiger partial charge is 0.479 e. The van der Waals surface area contributed by atoms with Gasteiger partial charge in [0.15, 0.2) is 18.5 Å². The Balaban J connectivity index is 1.51. The first-order chi connectivity index (χ1) is 14.4. The van der Waals surface area contributed by atoms with Crippen LogP contribution in [0.5, 0.6) is 17.4 Å². The molecule has 154 valence electrons. The van der Waals surface area contributed by atoms with Crippen molar-refractivity contribution in [2.24, 2.45) is 0 Å². The molecule has 0 amide bonds. The molecule has 0 spiro atoms. The number of benzene rings is 2. The molecule has 1 unspecified atom stereocenters. The minimum absolute atomic E-state index is 0.217. The van der Waals surface area contributed by atoms with E-state index in [0.717, 1.165) is 0 Å². The van der Waals surface area contributed by atoms with E-state index in [-0.39, 0.29) is 23.3 Å². The lowest BCUT2D eigenvalue weighted by Crippen LogP contribution is -2.28. The molecule has 0 aliphatic rings. The molecule has 8 heteroatoms. The van der Waals surface area contributed by atoms with Crippen LogP contribution in [0.4, 0.5) is 0 Å². The van der Waals surface area contributed by atoms with Crippen LogP contribution in [0.3, 0.4) is 0 Å². The van der Waals surface area contributed by atoms with Gasteiger partial charge in [-0.2, -0.15) is 0 Å². The van der Waals surface area contributed by atoms with Gasteiger partial charge in [-0.05, 0) is 37.3 Å². The predicted octanol–water partition coefficient (Wildman–Crippen LogP) is 5.37. The van der Waals surface area contributed by atoms with Gasteiger partial charge in [-0.25, -0.2) is 9.78 Å². The summed E-state index contributed by atoms with van der Waals surface area (Å²) in [6.45, 7) is 1.19. The van der Waals surface area contributed by atoms with Gasteiger partial charge in [0.05, 0.1) is 5.02 Å². The fourth-order valence-electron chi connectivity index (χ4n) is 2.39. The number of aromatic nitrogens is 1. The molecule has 6 nitrogen and oxygen atoms in total. The molecule has 30 heavy (non-hydrogen) atoms. The number of ether oxygens (including phenoxy) is 3. The lowest BCUT2D eigenvalue weighted by molar-refractivity contribution is -0.149. The molecule has 0 bridgehead atoms. The second kappa shape index (κ2) is 10.1. The number of Topliss-reactive ketones (excluding diaryl/α,β-unsaturated/α-hetero) is 1. The Morgan fingerprint density at radius 3 is 2.33 bits per heavy atom. The monoisotopic (exact) mass is 445 g/mol. The van der Waals surface area contributed by atoms with Crippen LogP contribution in [0.25, 0.3) is 0 Å². The van der Waals surface area contributed by atoms with E-state index >= 15 is 0 Å². The van der Waals surface area contributed by atoms with Crippen LogP contribution < -0.4 is 9.47 Å². The highest BCUT2D eigenvalue weighted by Gasteiger charge is 2.18. The van der Waals surface area contributed by atoms with E-state index in [9.17, 15) is 9.59 Å². The van der Waals surface area contributed by atoms with Gasteiger partial charge in [-0.3, -0.25) is 4.79 Å². The molecule has 0 N–H and O–H groups in total. The lowest BCUT2D eigenvalue weighted by atomic mass is 10.1. The molecule has 0 fully saturated rings. The Morgan fingerprint density at radius 2 is 1.67 bits per heavy atom. The van der Waals surface area contributed by atoms with E-state index in [1.54, 1.807) is 54.6 Å². The first kappa shape index (κ1) is 21.6. The molecule has 0 radical (unpaired) electrons. The van der Waals surface area contributed by atoms with Crippen molar-refractivity contribution < 1.29 is 23.8 Å². The number of hydrogen-bond donors (Lipinski definition) is 0. The molecular formula is C22H17Cl2NO5. The van der Waals surface area contributed by atoms with Gasteiger partial charge in [0.1, 0.15) is 16.5 Å². The molecule has 2 aromatic carbocycles. The number of carbonyl (C=O) groups excluding carboxylic acids is 2. The Hall–Kier alpha value is -3.09. The second-order valence-corrected chi connectivity index (χ2v) is 7.01. The SMILES string of the molecule is CC(Oc1ccc(Oc2ncc(Cl)cc2Cl)cc1)C(=O)OCC(=O)c1ccccc1. The molecular weight excluding hydrogens is 429 g/mol. The Labute approximate surface area is 183 Å². The predicted molar refractivity (Wildman–Crippen MR) is 113 cm³/mol. The van der Waals surface area contributed by atoms with Crippen molar-refractivity contribution in [3.63, 3.8) is 0 Å². The van der Waals surface area contributed by atoms with Crippen molar-refractivity contribution in [3.05, 3.63) is 82.5 Å². The van der Waals surface area contributed by atoms with Crippen LogP contribution in [-0.4, -0.2) is 29.4 Å². The van der Waals surface area contributed by atoms with Gasteiger partial charge in [0.2, 0.25) is 5.88 Å². The Kier molecular flexibility index (Phi) is 7.27. The molecule has 1 aromatic heterocycles. The van der Waals surface area contributed by atoms with Gasteiger partial charge in [-0.15, -0.1) is 0 Å². The maximum atomic E-state index is 12.1. The summed E-state index contributed by atoms with van der Waals surface area (Å²) in [5, 5.41) is 0.687. The average molecular weight is 446 g/mol. The number of ketones is 1. The maximum Gasteiger partial charge on any atom is 0.347 e. The Bertz CT molecular complexity index is 1030. The third-order valence-electron chi connectivity index (χ3n) is 3.90. The summed E-state index contributed by atoms with van der Waals surface area (Å²) >= 11 is 11.8. The third kappa shape index (κ3) is 5.95. The smallest absolute Gasteiger partial charge is 0.347 e. The molecule has 1 heterocycles. The van der Waals surface area contributed by atoms with Crippen molar-refractivity contribution in [2.45, 2.75) is 13.0 Å². The minimum atomic E-state index is -0.896. The van der Waals surface area contributed by atoms with Gasteiger partial charge in [0.25, 0.3) is 0 Å². The van der Waals surface area contributed by atoms with E-state index in [2.05, 4.69) is 4.98 Å². The number of rotatable bonds is 8. The van der Waals surface area contributed by atoms with Crippen molar-refractivity contribution in [2.75, 3.05) is 6.61 Å². The summed E-state index contributed by atoms with van der Waals surface area (Å²) in [6.07, 6.45) is 0.531. The number of esters is 1. The van der Waals surface area contributed by atoms with Crippen LogP contribution in [-0.2, 0) is 9.53 Å². The normalized spacial score (nSPS) is 11.4. The van der Waals surface area contributed by atoms with E-state index < -0.39 is 12.1 Å². The average Bonchev–Trinajstić information content (AvgIpc) is 2.75. The standard InChI is InChI=1S/C22H17Cl2NO5/c1-14(22(27)28-13-20(26)15-5-3-2-4-6-15)29-17-7-9-18(10-8-17)30-21-19(24)11-16(23)12-25-21/h2-12,14H,13H2,1H3. The van der Waals surface area contributed by atoms with E-state index in [1.165, 1.54) is 19.2 Å². The highest BCUT2D eigenvalue weighted by atomic mass is 35.5. The molecule has 0 saturated carbocycles. The van der Waals surface area contributed by atoms with Crippen LogP contribution in [0.15, 0.2) is 66.9 Å². The first-order valence-electron chi connectivity index (χ1n) is 8.93. The zero-order chi connectivity index (χ0) is 21.5. The number of hydrogen-bond acceptors (Lipinski definition) is 6. The molecule has 0 aliphatic heterocycles. The van der Waals surface area contributed by atoms with Crippen molar-refractivity contribution >= 4 is 35.0 Å². The van der Waals surface area contributed by atoms with E-state index in [0.29, 0.717) is 22.1 Å². The third-order valence-corrected chi connectivity index (χ3v) is 4.38. The fraction of sp³-hybridized carbons (Fsp3) is 0.136. The van der Waals surface area contributed by atoms with E-state index in [4.69, 9.17) is 37.4 Å². The highest BCUT2D eigenvalue weighted by molar-refractivity contribution is 6.35. The van der Waals surface area contributed by atoms with Crippen LogP contribution in [0.1, 0.15) is 17.3 Å². The first-order valence-corrected chi connectivity index (χ1v) is 9.68. The summed E-state index contributed by atoms with van der Waals surface area (Å²) in [5.41, 5.74) is 0.477. The molecule has 1 atom stereocenters. The fourth-order valence-corrected chi connectivity index (χ4v) is 2.81. The van der Waals surface area contributed by atoms with Gasteiger partial charge in [0, 0.05) is 11.8 Å². The second-order valence-electron chi connectivity index (χ2n) is 6.17. The van der Waals surface area contributed by atoms with Crippen LogP contribution in [0.2, 0.25) is 10.0 Å². The summed E-state index contributed by atoms with van der Waals surface area (Å²) in [5.74, 6) is 0.192. The lowest BCUT2D eigenvalue weighted by Gasteiger charge is -2.14. The number of nitrogens with zero attached hydrogens (tertiary/aromatic N) is 1. The summed E-state index contributed by atoms with van der Waals surface area (Å²) < 4.78 is 16.2. The topological polar surface area (TPSA) is 74.7 Å². The number of carbonyl (C=O) groups is 2. The van der Waals surface area contributed by atoms with Gasteiger partial charge >= 0.3 is 5.97 Å². The Morgan fingerprint density at radius 1 is 1.00 bits per heavy atom. The molecule has 3 aromatic rings. The maximum absolute atomic E-state index is 12.1. The molecule has 0 aliphatic carbocycles.